The van der Waals surface area contributed by atoms with E-state index in [1.54, 1.807) is 19.9 Å². The van der Waals surface area contributed by atoms with Crippen molar-refractivity contribution in [3.05, 3.63) is 41.0 Å². The zero-order valence-corrected chi connectivity index (χ0v) is 11.9. The maximum absolute atomic E-state index is 13.6. The van der Waals surface area contributed by atoms with Crippen molar-refractivity contribution in [2.75, 3.05) is 4.72 Å². The fourth-order valence-corrected chi connectivity index (χ4v) is 3.31. The maximum atomic E-state index is 13.6. The zero-order chi connectivity index (χ0) is 14.9. The Labute approximate surface area is 116 Å². The van der Waals surface area contributed by atoms with Gasteiger partial charge in [-0.05, 0) is 31.5 Å². The van der Waals surface area contributed by atoms with E-state index in [-0.39, 0.29) is 22.8 Å². The van der Waals surface area contributed by atoms with Crippen LogP contribution in [0.2, 0.25) is 0 Å². The lowest BCUT2D eigenvalue weighted by Gasteiger charge is -2.10. The number of nitrogens with two attached hydrogens (primary N) is 1. The van der Waals surface area contributed by atoms with E-state index in [1.807, 2.05) is 0 Å². The quantitative estimate of drug-likeness (QED) is 0.794. The molecule has 0 unspecified atom stereocenters. The van der Waals surface area contributed by atoms with Crippen LogP contribution in [-0.2, 0) is 16.6 Å². The summed E-state index contributed by atoms with van der Waals surface area (Å²) in [6.45, 7) is 3.27. The first-order chi connectivity index (χ1) is 9.35. The molecule has 0 saturated heterocycles. The molecule has 0 aliphatic rings. The number of benzene rings is 1. The van der Waals surface area contributed by atoms with Crippen molar-refractivity contribution >= 4 is 15.7 Å². The number of halogens is 1. The van der Waals surface area contributed by atoms with Crippen LogP contribution in [0.1, 0.15) is 17.0 Å². The third-order valence-corrected chi connectivity index (χ3v) is 4.36. The van der Waals surface area contributed by atoms with Crippen LogP contribution in [0, 0.1) is 19.7 Å². The Balaban J connectivity index is 2.46. The van der Waals surface area contributed by atoms with Crippen LogP contribution < -0.4 is 10.5 Å². The van der Waals surface area contributed by atoms with Gasteiger partial charge in [0.1, 0.15) is 10.7 Å². The van der Waals surface area contributed by atoms with Gasteiger partial charge in [0, 0.05) is 6.54 Å². The number of rotatable bonds is 4. The lowest BCUT2D eigenvalue weighted by Crippen LogP contribution is -2.17. The number of aryl methyl sites for hydroxylation is 2. The van der Waals surface area contributed by atoms with Crippen molar-refractivity contribution in [3.8, 4) is 0 Å². The minimum absolute atomic E-state index is 0.0309. The van der Waals surface area contributed by atoms with Gasteiger partial charge in [-0.25, -0.2) is 12.8 Å². The minimum Gasteiger partial charge on any atom is -0.325 e. The molecule has 4 N–H and O–H groups in total. The molecule has 6 nitrogen and oxygen atoms in total. The lowest BCUT2D eigenvalue weighted by molar-refractivity contribution is 0.597. The molecule has 2 rings (SSSR count). The Morgan fingerprint density at radius 2 is 2.10 bits per heavy atom. The van der Waals surface area contributed by atoms with E-state index in [9.17, 15) is 12.8 Å². The average molecular weight is 298 g/mol. The molecule has 1 aromatic carbocycles. The molecule has 108 valence electrons. The highest BCUT2D eigenvalue weighted by molar-refractivity contribution is 7.92. The second kappa shape index (κ2) is 5.22. The second-order valence-electron chi connectivity index (χ2n) is 4.42. The van der Waals surface area contributed by atoms with Gasteiger partial charge in [-0.1, -0.05) is 6.07 Å². The zero-order valence-electron chi connectivity index (χ0n) is 11.1. The summed E-state index contributed by atoms with van der Waals surface area (Å²) < 4.78 is 40.5. The van der Waals surface area contributed by atoms with Crippen molar-refractivity contribution < 1.29 is 12.8 Å². The lowest BCUT2D eigenvalue weighted by atomic mass is 10.2. The third kappa shape index (κ3) is 2.66. The number of nitrogens with zero attached hydrogens (tertiary/aromatic N) is 1. The first-order valence-electron chi connectivity index (χ1n) is 5.88. The molecule has 0 aliphatic heterocycles. The van der Waals surface area contributed by atoms with Gasteiger partial charge in [0.05, 0.1) is 17.1 Å². The molecule has 0 fully saturated rings. The van der Waals surface area contributed by atoms with Gasteiger partial charge >= 0.3 is 0 Å². The Kier molecular flexibility index (Phi) is 3.78. The summed E-state index contributed by atoms with van der Waals surface area (Å²) in [5.74, 6) is -0.644. The summed E-state index contributed by atoms with van der Waals surface area (Å²) >= 11 is 0. The van der Waals surface area contributed by atoms with Gasteiger partial charge < -0.3 is 5.73 Å². The molecule has 1 aromatic heterocycles. The molecular weight excluding hydrogens is 283 g/mol. The van der Waals surface area contributed by atoms with Crippen LogP contribution in [0.4, 0.5) is 10.1 Å². The van der Waals surface area contributed by atoms with Crippen LogP contribution in [0.25, 0.3) is 0 Å². The number of hydrogen-bond acceptors (Lipinski definition) is 4. The number of aromatic nitrogens is 2. The van der Waals surface area contributed by atoms with E-state index < -0.39 is 15.8 Å². The smallest absolute Gasteiger partial charge is 0.265 e. The van der Waals surface area contributed by atoms with Crippen LogP contribution in [0.5, 0.6) is 0 Å². The van der Waals surface area contributed by atoms with Gasteiger partial charge in [0.15, 0.2) is 0 Å². The average Bonchev–Trinajstić information content (AvgIpc) is 2.75. The van der Waals surface area contributed by atoms with Gasteiger partial charge in [-0.15, -0.1) is 0 Å². The fourth-order valence-electron chi connectivity index (χ4n) is 1.88. The number of anilines is 1. The monoisotopic (exact) mass is 298 g/mol. The number of hydrogen-bond donors (Lipinski definition) is 3. The predicted molar refractivity (Wildman–Crippen MR) is 73.2 cm³/mol. The van der Waals surface area contributed by atoms with Crippen molar-refractivity contribution in [3.63, 3.8) is 0 Å². The summed E-state index contributed by atoms with van der Waals surface area (Å²) in [6.07, 6.45) is 0. The van der Waals surface area contributed by atoms with E-state index in [1.165, 1.54) is 12.1 Å². The highest BCUT2D eigenvalue weighted by atomic mass is 32.2. The topological polar surface area (TPSA) is 101 Å². The van der Waals surface area contributed by atoms with Gasteiger partial charge in [0.2, 0.25) is 0 Å². The summed E-state index contributed by atoms with van der Waals surface area (Å²) in [7, 11) is -3.95. The first-order valence-corrected chi connectivity index (χ1v) is 7.36. The van der Waals surface area contributed by atoms with Crippen molar-refractivity contribution in [2.45, 2.75) is 25.3 Å². The molecule has 1 heterocycles. The fraction of sp³-hybridized carbons (Fsp3) is 0.250. The van der Waals surface area contributed by atoms with E-state index in [4.69, 9.17) is 5.73 Å². The third-order valence-electron chi connectivity index (χ3n) is 2.79. The highest BCUT2D eigenvalue weighted by Gasteiger charge is 2.24. The van der Waals surface area contributed by atoms with Crippen LogP contribution in [0.3, 0.4) is 0 Å². The molecule has 0 aliphatic carbocycles. The second-order valence-corrected chi connectivity index (χ2v) is 6.04. The minimum atomic E-state index is -3.95. The molecular formula is C12H15FN4O2S. The van der Waals surface area contributed by atoms with Crippen molar-refractivity contribution in [1.29, 1.82) is 0 Å². The Morgan fingerprint density at radius 3 is 2.75 bits per heavy atom. The molecule has 0 amide bonds. The van der Waals surface area contributed by atoms with Crippen LogP contribution in [-0.4, -0.2) is 18.6 Å². The Morgan fingerprint density at radius 1 is 1.40 bits per heavy atom. The molecule has 0 spiro atoms. The standard InChI is InChI=1S/C12H15FN4O2S/c1-7-3-4-9(13)10(5-7)17-20(18,19)12-8(2)15-16-11(12)6-14/h3-5,17H,6,14H2,1-2H3,(H,15,16). The number of H-pyrrole nitrogens is 1. The summed E-state index contributed by atoms with van der Waals surface area (Å²) in [5, 5.41) is 6.38. The maximum Gasteiger partial charge on any atom is 0.265 e. The van der Waals surface area contributed by atoms with Crippen molar-refractivity contribution in [2.24, 2.45) is 5.73 Å². The SMILES string of the molecule is Cc1ccc(F)c(NS(=O)(=O)c2c(CN)n[nH]c2C)c1. The predicted octanol–water partition coefficient (Wildman–Crippen LogP) is 1.43. The first kappa shape index (κ1) is 14.5. The number of nitrogens with one attached hydrogen (secondary N) is 2. The number of aromatic amines is 1. The van der Waals surface area contributed by atoms with Crippen molar-refractivity contribution in [1.82, 2.24) is 10.2 Å². The molecule has 0 bridgehead atoms. The Bertz CT molecular complexity index is 740. The molecule has 0 atom stereocenters. The molecule has 20 heavy (non-hydrogen) atoms. The normalized spacial score (nSPS) is 11.6. The van der Waals surface area contributed by atoms with Crippen LogP contribution in [0.15, 0.2) is 23.1 Å². The molecule has 0 radical (unpaired) electrons. The molecule has 0 saturated carbocycles. The van der Waals surface area contributed by atoms with E-state index in [0.29, 0.717) is 5.69 Å². The number of sulfonamides is 1. The van der Waals surface area contributed by atoms with Gasteiger partial charge in [0.25, 0.3) is 10.0 Å². The van der Waals surface area contributed by atoms with E-state index in [0.717, 1.165) is 5.56 Å². The largest absolute Gasteiger partial charge is 0.325 e. The summed E-state index contributed by atoms with van der Waals surface area (Å²) in [4.78, 5) is -0.0408. The highest BCUT2D eigenvalue weighted by Crippen LogP contribution is 2.23. The molecule has 2 aromatic rings. The summed E-state index contributed by atoms with van der Waals surface area (Å²) in [5.41, 5.74) is 6.66. The Hall–Kier alpha value is -1.93. The van der Waals surface area contributed by atoms with Gasteiger partial charge in [-0.2, -0.15) is 5.10 Å². The van der Waals surface area contributed by atoms with E-state index >= 15 is 0 Å². The van der Waals surface area contributed by atoms with E-state index in [2.05, 4.69) is 14.9 Å². The van der Waals surface area contributed by atoms with Gasteiger partial charge in [-0.3, -0.25) is 9.82 Å². The molecule has 8 heteroatoms. The van der Waals surface area contributed by atoms with Crippen LogP contribution >= 0.6 is 0 Å². The summed E-state index contributed by atoms with van der Waals surface area (Å²) in [6, 6.07) is 4.19.